The fraction of sp³-hybridized carbons (Fsp3) is 0.615. The molecule has 0 amide bonds. The number of ether oxygens (including phenoxy) is 1. The molecule has 1 fully saturated rings. The molecule has 1 saturated heterocycles. The standard InChI is InChI=1S/C13H19NO4.ClH/c1-2-3-11-10(8-12(18-11)13(15)16)9-14-4-6-17-7-5-14;/h8H,2-7,9H2,1H3,(H,15,16);1H/p-1. The number of hydrogen-bond acceptors (Lipinski definition) is 4. The number of hydrogen-bond donors (Lipinski definition) is 1. The van der Waals surface area contributed by atoms with E-state index in [1.807, 2.05) is 0 Å². The topological polar surface area (TPSA) is 62.9 Å². The van der Waals surface area contributed by atoms with Gasteiger partial charge in [-0.2, -0.15) is 0 Å². The highest BCUT2D eigenvalue weighted by Gasteiger charge is 2.18. The Labute approximate surface area is 118 Å². The number of nitrogens with zero attached hydrogens (tertiary/aromatic N) is 1. The van der Waals surface area contributed by atoms with Crippen molar-refractivity contribution < 1.29 is 31.5 Å². The molecule has 1 N–H and O–H groups in total. The molecule has 0 aromatic carbocycles. The summed E-state index contributed by atoms with van der Waals surface area (Å²) in [7, 11) is 0. The van der Waals surface area contributed by atoms with Gasteiger partial charge in [-0.1, -0.05) is 6.92 Å². The van der Waals surface area contributed by atoms with Crippen molar-refractivity contribution in [3.05, 3.63) is 23.2 Å². The zero-order valence-corrected chi connectivity index (χ0v) is 11.8. The number of aromatic carboxylic acids is 1. The molecule has 0 unspecified atom stereocenters. The van der Waals surface area contributed by atoms with Crippen molar-refractivity contribution >= 4 is 5.97 Å². The first-order valence-corrected chi connectivity index (χ1v) is 6.35. The highest BCUT2D eigenvalue weighted by Crippen LogP contribution is 2.20. The lowest BCUT2D eigenvalue weighted by Gasteiger charge is -2.26. The predicted molar refractivity (Wildman–Crippen MR) is 65.8 cm³/mol. The number of carboxylic acids is 1. The minimum Gasteiger partial charge on any atom is -1.00 e. The SMILES string of the molecule is CCCc1oc(C(=O)O)cc1CN1CCOCC1.[Cl-]. The summed E-state index contributed by atoms with van der Waals surface area (Å²) >= 11 is 0. The summed E-state index contributed by atoms with van der Waals surface area (Å²) < 4.78 is 10.7. The summed E-state index contributed by atoms with van der Waals surface area (Å²) in [6.07, 6.45) is 1.73. The molecule has 0 saturated carbocycles. The second-order valence-corrected chi connectivity index (χ2v) is 4.50. The molecular weight excluding hydrogens is 270 g/mol. The quantitative estimate of drug-likeness (QED) is 0.735. The van der Waals surface area contributed by atoms with Crippen LogP contribution in [0.25, 0.3) is 0 Å². The summed E-state index contributed by atoms with van der Waals surface area (Å²) in [5, 5.41) is 8.97. The van der Waals surface area contributed by atoms with Gasteiger partial charge in [0, 0.05) is 31.6 Å². The van der Waals surface area contributed by atoms with Crippen LogP contribution in [0.4, 0.5) is 0 Å². The van der Waals surface area contributed by atoms with E-state index < -0.39 is 5.97 Å². The number of morpholine rings is 1. The maximum Gasteiger partial charge on any atom is 0.371 e. The smallest absolute Gasteiger partial charge is 0.371 e. The van der Waals surface area contributed by atoms with Gasteiger partial charge in [0.25, 0.3) is 0 Å². The van der Waals surface area contributed by atoms with Gasteiger partial charge in [0.2, 0.25) is 5.76 Å². The van der Waals surface area contributed by atoms with Crippen LogP contribution in [0.1, 0.15) is 35.2 Å². The van der Waals surface area contributed by atoms with Crippen molar-refractivity contribution in [1.29, 1.82) is 0 Å². The fourth-order valence-corrected chi connectivity index (χ4v) is 2.14. The molecule has 1 aromatic rings. The average Bonchev–Trinajstić information content (AvgIpc) is 2.75. The van der Waals surface area contributed by atoms with Gasteiger partial charge >= 0.3 is 5.97 Å². The Balaban J connectivity index is 0.00000180. The van der Waals surface area contributed by atoms with Crippen LogP contribution in [0.5, 0.6) is 0 Å². The third-order valence-corrected chi connectivity index (χ3v) is 3.08. The molecule has 2 rings (SSSR count). The zero-order valence-electron chi connectivity index (χ0n) is 11.0. The van der Waals surface area contributed by atoms with Gasteiger partial charge in [-0.3, -0.25) is 4.90 Å². The van der Waals surface area contributed by atoms with Gasteiger partial charge in [0.15, 0.2) is 0 Å². The van der Waals surface area contributed by atoms with Gasteiger partial charge in [-0.05, 0) is 12.5 Å². The Hall–Kier alpha value is -1.04. The third kappa shape index (κ3) is 4.23. The Morgan fingerprint density at radius 1 is 1.42 bits per heavy atom. The van der Waals surface area contributed by atoms with Crippen LogP contribution < -0.4 is 12.4 Å². The van der Waals surface area contributed by atoms with Gasteiger partial charge in [-0.15, -0.1) is 0 Å². The highest BCUT2D eigenvalue weighted by atomic mass is 35.5. The second-order valence-electron chi connectivity index (χ2n) is 4.50. The minimum absolute atomic E-state index is 0. The third-order valence-electron chi connectivity index (χ3n) is 3.08. The number of halogens is 1. The first-order valence-electron chi connectivity index (χ1n) is 6.35. The van der Waals surface area contributed by atoms with Crippen LogP contribution in [-0.4, -0.2) is 42.3 Å². The molecule has 1 aliphatic rings. The van der Waals surface area contributed by atoms with Gasteiger partial charge in [-0.25, -0.2) is 4.79 Å². The van der Waals surface area contributed by atoms with E-state index in [0.717, 1.165) is 57.0 Å². The van der Waals surface area contributed by atoms with Crippen molar-refractivity contribution in [2.75, 3.05) is 26.3 Å². The van der Waals surface area contributed by atoms with Crippen LogP contribution in [0.15, 0.2) is 10.5 Å². The van der Waals surface area contributed by atoms with Crippen LogP contribution >= 0.6 is 0 Å². The van der Waals surface area contributed by atoms with E-state index in [2.05, 4.69) is 11.8 Å². The lowest BCUT2D eigenvalue weighted by atomic mass is 10.1. The Morgan fingerprint density at radius 3 is 2.68 bits per heavy atom. The van der Waals surface area contributed by atoms with Crippen LogP contribution in [0.3, 0.4) is 0 Å². The molecule has 0 radical (unpaired) electrons. The minimum atomic E-state index is -0.999. The molecule has 1 aliphatic heterocycles. The van der Waals surface area contributed by atoms with Crippen molar-refractivity contribution in [3.8, 4) is 0 Å². The summed E-state index contributed by atoms with van der Waals surface area (Å²) in [5.41, 5.74) is 0.996. The van der Waals surface area contributed by atoms with Crippen LogP contribution in [0, 0.1) is 0 Å². The van der Waals surface area contributed by atoms with E-state index in [1.54, 1.807) is 6.07 Å². The first-order chi connectivity index (χ1) is 8.70. The maximum absolute atomic E-state index is 10.9. The number of rotatable bonds is 5. The van der Waals surface area contributed by atoms with Crippen LogP contribution in [-0.2, 0) is 17.7 Å². The zero-order chi connectivity index (χ0) is 13.0. The molecule has 0 bridgehead atoms. The Bertz CT molecular complexity index is 413. The first kappa shape index (κ1) is 16.0. The van der Waals surface area contributed by atoms with E-state index in [0.29, 0.717) is 0 Å². The van der Waals surface area contributed by atoms with Crippen molar-refractivity contribution in [1.82, 2.24) is 4.90 Å². The summed E-state index contributed by atoms with van der Waals surface area (Å²) in [4.78, 5) is 13.2. The molecule has 108 valence electrons. The van der Waals surface area contributed by atoms with Gasteiger partial charge < -0.3 is 26.7 Å². The average molecular weight is 289 g/mol. The molecule has 0 atom stereocenters. The van der Waals surface area contributed by atoms with Crippen LogP contribution in [0.2, 0.25) is 0 Å². The highest BCUT2D eigenvalue weighted by molar-refractivity contribution is 5.84. The van der Waals surface area contributed by atoms with E-state index in [1.165, 1.54) is 0 Å². The van der Waals surface area contributed by atoms with E-state index >= 15 is 0 Å². The molecule has 1 aromatic heterocycles. The lowest BCUT2D eigenvalue weighted by Crippen LogP contribution is -3.00. The van der Waals surface area contributed by atoms with E-state index in [4.69, 9.17) is 14.3 Å². The monoisotopic (exact) mass is 288 g/mol. The van der Waals surface area contributed by atoms with E-state index in [-0.39, 0.29) is 18.2 Å². The van der Waals surface area contributed by atoms with E-state index in [9.17, 15) is 4.79 Å². The number of carbonyl (C=O) groups is 1. The summed E-state index contributed by atoms with van der Waals surface area (Å²) in [6.45, 7) is 6.06. The normalized spacial score (nSPS) is 16.1. The molecule has 2 heterocycles. The lowest BCUT2D eigenvalue weighted by molar-refractivity contribution is -0.0000211. The Morgan fingerprint density at radius 2 is 2.11 bits per heavy atom. The largest absolute Gasteiger partial charge is 1.00 e. The maximum atomic E-state index is 10.9. The molecule has 0 spiro atoms. The number of furan rings is 1. The molecule has 0 aliphatic carbocycles. The van der Waals surface area contributed by atoms with Crippen molar-refractivity contribution in [2.45, 2.75) is 26.3 Å². The molecule has 6 heteroatoms. The number of aryl methyl sites for hydroxylation is 1. The summed E-state index contributed by atoms with van der Waals surface area (Å²) in [5.74, 6) is -0.149. The van der Waals surface area contributed by atoms with Crippen molar-refractivity contribution in [2.24, 2.45) is 0 Å². The Kier molecular flexibility index (Phi) is 6.34. The van der Waals surface area contributed by atoms with Gasteiger partial charge in [0.05, 0.1) is 13.2 Å². The second kappa shape index (κ2) is 7.53. The van der Waals surface area contributed by atoms with Crippen molar-refractivity contribution in [3.63, 3.8) is 0 Å². The molecular formula is C13H19ClNO4-. The number of carboxylic acid groups (broad SMARTS) is 1. The molecule has 19 heavy (non-hydrogen) atoms. The predicted octanol–water partition coefficient (Wildman–Crippen LogP) is -1.23. The van der Waals surface area contributed by atoms with Gasteiger partial charge in [0.1, 0.15) is 5.76 Å². The molecule has 5 nitrogen and oxygen atoms in total. The summed E-state index contributed by atoms with van der Waals surface area (Å²) in [6, 6.07) is 1.66. The fourth-order valence-electron chi connectivity index (χ4n) is 2.14.